The zero-order valence-electron chi connectivity index (χ0n) is 9.86. The lowest BCUT2D eigenvalue weighted by Crippen LogP contribution is -2.01. The van der Waals surface area contributed by atoms with E-state index in [2.05, 4.69) is 15.9 Å². The van der Waals surface area contributed by atoms with Crippen molar-refractivity contribution in [3.05, 3.63) is 57.8 Å². The number of nitriles is 1. The molecule has 0 aliphatic heterocycles. The van der Waals surface area contributed by atoms with Gasteiger partial charge in [0.1, 0.15) is 24.2 Å². The number of halogens is 2. The molecule has 0 aliphatic rings. The molecule has 2 aromatic carbocycles. The topological polar surface area (TPSA) is 59.0 Å². The second-order valence-corrected chi connectivity index (χ2v) is 4.63. The number of nitrogens with two attached hydrogens (primary N) is 1. The van der Waals surface area contributed by atoms with Gasteiger partial charge in [-0.15, -0.1) is 0 Å². The average molecular weight is 321 g/mol. The van der Waals surface area contributed by atoms with Crippen LogP contribution in [-0.2, 0) is 6.61 Å². The molecule has 5 heteroatoms. The van der Waals surface area contributed by atoms with Gasteiger partial charge >= 0.3 is 0 Å². The van der Waals surface area contributed by atoms with Crippen molar-refractivity contribution in [2.75, 3.05) is 5.73 Å². The van der Waals surface area contributed by atoms with Crippen LogP contribution in [0.25, 0.3) is 0 Å². The molecule has 2 rings (SSSR count). The Hall–Kier alpha value is -2.06. The van der Waals surface area contributed by atoms with E-state index in [-0.39, 0.29) is 12.2 Å². The van der Waals surface area contributed by atoms with E-state index in [0.29, 0.717) is 21.5 Å². The summed E-state index contributed by atoms with van der Waals surface area (Å²) in [5, 5.41) is 8.75. The summed E-state index contributed by atoms with van der Waals surface area (Å²) in [6.07, 6.45) is 0. The van der Waals surface area contributed by atoms with Gasteiger partial charge in [-0.05, 0) is 34.1 Å². The molecule has 0 saturated heterocycles. The van der Waals surface area contributed by atoms with E-state index in [9.17, 15) is 4.39 Å². The molecule has 0 saturated carbocycles. The molecule has 0 amide bonds. The molecule has 96 valence electrons. The molecule has 0 bridgehead atoms. The third kappa shape index (κ3) is 2.85. The number of anilines is 1. The SMILES string of the molecule is N#Cc1cccc(COc2cccc(N)c2Br)c1F. The van der Waals surface area contributed by atoms with E-state index >= 15 is 0 Å². The highest BCUT2D eigenvalue weighted by Gasteiger charge is 2.09. The first-order chi connectivity index (χ1) is 9.13. The van der Waals surface area contributed by atoms with Gasteiger partial charge in [0.2, 0.25) is 0 Å². The fraction of sp³-hybridized carbons (Fsp3) is 0.0714. The Morgan fingerprint density at radius 2 is 2.00 bits per heavy atom. The highest BCUT2D eigenvalue weighted by molar-refractivity contribution is 9.10. The molecule has 0 aliphatic carbocycles. The quantitative estimate of drug-likeness (QED) is 0.879. The minimum atomic E-state index is -0.551. The van der Waals surface area contributed by atoms with E-state index in [1.54, 1.807) is 36.4 Å². The van der Waals surface area contributed by atoms with Crippen LogP contribution < -0.4 is 10.5 Å². The van der Waals surface area contributed by atoms with Crippen molar-refractivity contribution < 1.29 is 9.13 Å². The number of hydrogen-bond acceptors (Lipinski definition) is 3. The summed E-state index contributed by atoms with van der Waals surface area (Å²) in [7, 11) is 0. The van der Waals surface area contributed by atoms with Crippen LogP contribution in [0.2, 0.25) is 0 Å². The van der Waals surface area contributed by atoms with Gasteiger partial charge in [0.15, 0.2) is 0 Å². The molecule has 0 fully saturated rings. The third-order valence-electron chi connectivity index (χ3n) is 2.58. The van der Waals surface area contributed by atoms with E-state index in [1.807, 2.05) is 0 Å². The van der Waals surface area contributed by atoms with Crippen molar-refractivity contribution in [2.24, 2.45) is 0 Å². The smallest absolute Gasteiger partial charge is 0.147 e. The van der Waals surface area contributed by atoms with Crippen molar-refractivity contribution >= 4 is 21.6 Å². The molecule has 0 radical (unpaired) electrons. The molecule has 0 unspecified atom stereocenters. The van der Waals surface area contributed by atoms with Crippen LogP contribution in [0, 0.1) is 17.1 Å². The van der Waals surface area contributed by atoms with Crippen LogP contribution in [0.4, 0.5) is 10.1 Å². The Kier molecular flexibility index (Phi) is 4.03. The summed E-state index contributed by atoms with van der Waals surface area (Å²) < 4.78 is 20.0. The molecule has 19 heavy (non-hydrogen) atoms. The minimum Gasteiger partial charge on any atom is -0.488 e. The summed E-state index contributed by atoms with van der Waals surface area (Å²) in [5.74, 6) is -0.0215. The first-order valence-corrected chi connectivity index (χ1v) is 6.27. The predicted octanol–water partition coefficient (Wildman–Crippen LogP) is 3.62. The van der Waals surface area contributed by atoms with Crippen molar-refractivity contribution in [2.45, 2.75) is 6.61 Å². The van der Waals surface area contributed by atoms with Gasteiger partial charge in [0.05, 0.1) is 10.0 Å². The fourth-order valence-corrected chi connectivity index (χ4v) is 1.95. The third-order valence-corrected chi connectivity index (χ3v) is 3.42. The van der Waals surface area contributed by atoms with Crippen molar-refractivity contribution in [1.29, 1.82) is 5.26 Å². The summed E-state index contributed by atoms with van der Waals surface area (Å²) in [5.41, 5.74) is 6.60. The fourth-order valence-electron chi connectivity index (χ4n) is 1.57. The number of ether oxygens (including phenoxy) is 1. The normalized spacial score (nSPS) is 9.95. The highest BCUT2D eigenvalue weighted by Crippen LogP contribution is 2.31. The van der Waals surface area contributed by atoms with Crippen LogP contribution in [-0.4, -0.2) is 0 Å². The van der Waals surface area contributed by atoms with Gasteiger partial charge in [-0.2, -0.15) is 5.26 Å². The van der Waals surface area contributed by atoms with Crippen LogP contribution in [0.5, 0.6) is 5.75 Å². The van der Waals surface area contributed by atoms with Crippen LogP contribution in [0.1, 0.15) is 11.1 Å². The molecular weight excluding hydrogens is 311 g/mol. The van der Waals surface area contributed by atoms with Gasteiger partial charge in [-0.25, -0.2) is 4.39 Å². The summed E-state index contributed by atoms with van der Waals surface area (Å²) in [6, 6.07) is 11.6. The molecule has 0 atom stereocenters. The van der Waals surface area contributed by atoms with Crippen LogP contribution in [0.15, 0.2) is 40.9 Å². The maximum Gasteiger partial charge on any atom is 0.147 e. The first-order valence-electron chi connectivity index (χ1n) is 5.47. The number of hydrogen-bond donors (Lipinski definition) is 1. The number of nitrogens with zero attached hydrogens (tertiary/aromatic N) is 1. The summed E-state index contributed by atoms with van der Waals surface area (Å²) >= 11 is 3.30. The van der Waals surface area contributed by atoms with Crippen molar-refractivity contribution in [3.8, 4) is 11.8 Å². The summed E-state index contributed by atoms with van der Waals surface area (Å²) in [6.45, 7) is 0.0312. The predicted molar refractivity (Wildman–Crippen MR) is 74.0 cm³/mol. The van der Waals surface area contributed by atoms with Gasteiger partial charge in [-0.1, -0.05) is 18.2 Å². The van der Waals surface area contributed by atoms with Gasteiger partial charge in [0, 0.05) is 11.3 Å². The van der Waals surface area contributed by atoms with E-state index in [1.165, 1.54) is 6.07 Å². The van der Waals surface area contributed by atoms with Gasteiger partial charge in [-0.3, -0.25) is 0 Å². The second kappa shape index (κ2) is 5.72. The molecule has 2 aromatic rings. The van der Waals surface area contributed by atoms with Crippen molar-refractivity contribution in [1.82, 2.24) is 0 Å². The number of benzene rings is 2. The van der Waals surface area contributed by atoms with E-state index in [0.717, 1.165) is 0 Å². The van der Waals surface area contributed by atoms with E-state index < -0.39 is 5.82 Å². The maximum atomic E-state index is 13.8. The van der Waals surface area contributed by atoms with Crippen LogP contribution >= 0.6 is 15.9 Å². The lowest BCUT2D eigenvalue weighted by molar-refractivity contribution is 0.298. The van der Waals surface area contributed by atoms with Gasteiger partial charge in [0.25, 0.3) is 0 Å². The molecular formula is C14H10BrFN2O. The molecule has 2 N–H and O–H groups in total. The Morgan fingerprint density at radius 3 is 2.74 bits per heavy atom. The highest BCUT2D eigenvalue weighted by atomic mass is 79.9. The molecule has 0 heterocycles. The number of nitrogen functional groups attached to an aromatic ring is 1. The lowest BCUT2D eigenvalue weighted by atomic mass is 10.1. The minimum absolute atomic E-state index is 0.00717. The summed E-state index contributed by atoms with van der Waals surface area (Å²) in [4.78, 5) is 0. The Morgan fingerprint density at radius 1 is 1.26 bits per heavy atom. The number of rotatable bonds is 3. The Bertz CT molecular complexity index is 652. The monoisotopic (exact) mass is 320 g/mol. The molecule has 3 nitrogen and oxygen atoms in total. The largest absolute Gasteiger partial charge is 0.488 e. The van der Waals surface area contributed by atoms with Gasteiger partial charge < -0.3 is 10.5 Å². The lowest BCUT2D eigenvalue weighted by Gasteiger charge is -2.10. The van der Waals surface area contributed by atoms with Crippen molar-refractivity contribution in [3.63, 3.8) is 0 Å². The van der Waals surface area contributed by atoms with Crippen LogP contribution in [0.3, 0.4) is 0 Å². The van der Waals surface area contributed by atoms with E-state index in [4.69, 9.17) is 15.7 Å². The standard InChI is InChI=1S/C14H10BrFN2O/c15-13-11(18)5-2-6-12(13)19-8-10-4-1-3-9(7-17)14(10)16/h1-6H,8,18H2. The molecule has 0 aromatic heterocycles. The zero-order chi connectivity index (χ0) is 13.8. The first kappa shape index (κ1) is 13.4. The molecule has 0 spiro atoms. The average Bonchev–Trinajstić information content (AvgIpc) is 2.42. The Labute approximate surface area is 118 Å². The Balaban J connectivity index is 2.20. The second-order valence-electron chi connectivity index (χ2n) is 3.84. The maximum absolute atomic E-state index is 13.8. The zero-order valence-corrected chi connectivity index (χ0v) is 11.4.